The first-order chi connectivity index (χ1) is 7.64. The van der Waals surface area contributed by atoms with Crippen molar-refractivity contribution >= 4 is 27.2 Å². The van der Waals surface area contributed by atoms with Crippen LogP contribution in [0.3, 0.4) is 0 Å². The molecular weight excluding hydrogens is 260 g/mol. The van der Waals surface area contributed by atoms with Gasteiger partial charge in [0.1, 0.15) is 4.75 Å². The second-order valence-electron chi connectivity index (χ2n) is 4.51. The van der Waals surface area contributed by atoms with E-state index in [1.165, 1.54) is 13.8 Å². The highest BCUT2D eigenvalue weighted by molar-refractivity contribution is 7.92. The van der Waals surface area contributed by atoms with Gasteiger partial charge in [-0.15, -0.1) is 0 Å². The van der Waals surface area contributed by atoms with Crippen LogP contribution in [-0.4, -0.2) is 25.2 Å². The number of sulfone groups is 1. The predicted octanol–water partition coefficient (Wildman–Crippen LogP) is 2.27. The molecule has 0 N–H and O–H groups in total. The Bertz CT molecular complexity index is 532. The highest BCUT2D eigenvalue weighted by Crippen LogP contribution is 2.20. The Morgan fingerprint density at radius 2 is 1.94 bits per heavy atom. The summed E-state index contributed by atoms with van der Waals surface area (Å²) in [6, 6.07) is 6.86. The third-order valence-electron chi connectivity index (χ3n) is 2.85. The molecule has 1 aromatic carbocycles. The zero-order valence-corrected chi connectivity index (χ0v) is 11.6. The molecule has 0 atom stereocenters. The Morgan fingerprint density at radius 3 is 2.41 bits per heavy atom. The van der Waals surface area contributed by atoms with Gasteiger partial charge in [0.05, 0.1) is 0 Å². The van der Waals surface area contributed by atoms with Crippen LogP contribution in [-0.2, 0) is 21.1 Å². The van der Waals surface area contributed by atoms with Crippen molar-refractivity contribution in [3.8, 4) is 0 Å². The van der Waals surface area contributed by atoms with Crippen molar-refractivity contribution in [3.63, 3.8) is 0 Å². The summed E-state index contributed by atoms with van der Waals surface area (Å²) in [7, 11) is -3.41. The van der Waals surface area contributed by atoms with E-state index in [-0.39, 0.29) is 12.2 Å². The Labute approximate surface area is 107 Å². The Kier molecular flexibility index (Phi) is 3.99. The summed E-state index contributed by atoms with van der Waals surface area (Å²) in [5.41, 5.74) is 0.722. The molecule has 94 valence electrons. The molecule has 0 aliphatic rings. The van der Waals surface area contributed by atoms with E-state index in [0.29, 0.717) is 5.02 Å². The monoisotopic (exact) mass is 274 g/mol. The summed E-state index contributed by atoms with van der Waals surface area (Å²) in [5.74, 6) is -0.331. The summed E-state index contributed by atoms with van der Waals surface area (Å²) < 4.78 is 21.6. The van der Waals surface area contributed by atoms with Gasteiger partial charge in [-0.3, -0.25) is 4.79 Å². The molecule has 3 nitrogen and oxygen atoms in total. The van der Waals surface area contributed by atoms with E-state index in [9.17, 15) is 13.2 Å². The van der Waals surface area contributed by atoms with Crippen molar-refractivity contribution in [2.24, 2.45) is 0 Å². The Balaban J connectivity index is 2.95. The lowest BCUT2D eigenvalue weighted by Gasteiger charge is -2.20. The summed E-state index contributed by atoms with van der Waals surface area (Å²) in [6.07, 6.45) is 1.14. The minimum Gasteiger partial charge on any atom is -0.298 e. The highest BCUT2D eigenvalue weighted by Gasteiger charge is 2.37. The molecule has 0 heterocycles. The number of carbonyl (C=O) groups excluding carboxylic acids is 1. The minimum absolute atomic E-state index is 0.0701. The van der Waals surface area contributed by atoms with Gasteiger partial charge in [-0.1, -0.05) is 23.7 Å². The number of rotatable bonds is 4. The first-order valence-electron chi connectivity index (χ1n) is 5.12. The summed E-state index contributed by atoms with van der Waals surface area (Å²) in [5, 5.41) is 0.535. The fourth-order valence-electron chi connectivity index (χ4n) is 1.25. The smallest absolute Gasteiger partial charge is 0.159 e. The van der Waals surface area contributed by atoms with Gasteiger partial charge in [0.25, 0.3) is 0 Å². The van der Waals surface area contributed by atoms with E-state index in [1.807, 2.05) is 0 Å². The van der Waals surface area contributed by atoms with Crippen molar-refractivity contribution in [1.29, 1.82) is 0 Å². The number of benzene rings is 1. The fraction of sp³-hybridized carbons (Fsp3) is 0.417. The molecular formula is C12H15ClO3S. The van der Waals surface area contributed by atoms with Gasteiger partial charge in [0.2, 0.25) is 0 Å². The maximum Gasteiger partial charge on any atom is 0.159 e. The van der Waals surface area contributed by atoms with Crippen LogP contribution in [0.5, 0.6) is 0 Å². The van der Waals surface area contributed by atoms with Gasteiger partial charge in [-0.05, 0) is 31.5 Å². The van der Waals surface area contributed by atoms with Gasteiger partial charge in [0.15, 0.2) is 15.6 Å². The average molecular weight is 275 g/mol. The molecule has 1 aromatic rings. The van der Waals surface area contributed by atoms with Gasteiger partial charge in [0, 0.05) is 17.7 Å². The van der Waals surface area contributed by atoms with Crippen molar-refractivity contribution in [3.05, 3.63) is 34.9 Å². The molecule has 0 saturated heterocycles. The van der Waals surface area contributed by atoms with Crippen LogP contribution in [0.1, 0.15) is 19.4 Å². The molecule has 0 aliphatic carbocycles. The SMILES string of the molecule is CC(C)(C(=O)Cc1cccc(Cl)c1)S(C)(=O)=O. The molecule has 0 radical (unpaired) electrons. The molecule has 0 aromatic heterocycles. The fourth-order valence-corrected chi connectivity index (χ4v) is 1.95. The van der Waals surface area contributed by atoms with Gasteiger partial charge in [-0.25, -0.2) is 8.42 Å². The Hall–Kier alpha value is -0.870. The van der Waals surface area contributed by atoms with E-state index >= 15 is 0 Å². The zero-order chi connectivity index (χ0) is 13.3. The Morgan fingerprint density at radius 1 is 1.35 bits per heavy atom. The number of ketones is 1. The highest BCUT2D eigenvalue weighted by atomic mass is 35.5. The number of hydrogen-bond donors (Lipinski definition) is 0. The molecule has 0 saturated carbocycles. The normalized spacial score (nSPS) is 12.5. The number of carbonyl (C=O) groups is 1. The first kappa shape index (κ1) is 14.2. The molecule has 0 amide bonds. The van der Waals surface area contributed by atoms with Crippen LogP contribution in [0, 0.1) is 0 Å². The molecule has 17 heavy (non-hydrogen) atoms. The van der Waals surface area contributed by atoms with Gasteiger partial charge >= 0.3 is 0 Å². The van der Waals surface area contributed by atoms with Crippen molar-refractivity contribution in [2.75, 3.05) is 6.26 Å². The lowest BCUT2D eigenvalue weighted by atomic mass is 10.0. The van der Waals surface area contributed by atoms with Crippen LogP contribution in [0.2, 0.25) is 5.02 Å². The van der Waals surface area contributed by atoms with Crippen LogP contribution in [0.4, 0.5) is 0 Å². The largest absolute Gasteiger partial charge is 0.298 e. The lowest BCUT2D eigenvalue weighted by molar-refractivity contribution is -0.120. The van der Waals surface area contributed by atoms with Crippen molar-refractivity contribution in [2.45, 2.75) is 25.0 Å². The molecule has 1 rings (SSSR count). The molecule has 0 spiro atoms. The zero-order valence-electron chi connectivity index (χ0n) is 10.0. The predicted molar refractivity (Wildman–Crippen MR) is 69.1 cm³/mol. The van der Waals surface area contributed by atoms with Crippen LogP contribution in [0.15, 0.2) is 24.3 Å². The minimum atomic E-state index is -3.41. The van der Waals surface area contributed by atoms with E-state index in [2.05, 4.69) is 0 Å². The molecule has 5 heteroatoms. The van der Waals surface area contributed by atoms with E-state index in [0.717, 1.165) is 11.8 Å². The molecule has 0 bridgehead atoms. The topological polar surface area (TPSA) is 51.2 Å². The van der Waals surface area contributed by atoms with Gasteiger partial charge < -0.3 is 0 Å². The van der Waals surface area contributed by atoms with Crippen LogP contribution in [0.25, 0.3) is 0 Å². The second-order valence-corrected chi connectivity index (χ2v) is 7.51. The average Bonchev–Trinajstić information content (AvgIpc) is 2.15. The first-order valence-corrected chi connectivity index (χ1v) is 7.39. The van der Waals surface area contributed by atoms with Crippen molar-refractivity contribution in [1.82, 2.24) is 0 Å². The second kappa shape index (κ2) is 4.78. The van der Waals surface area contributed by atoms with E-state index in [4.69, 9.17) is 11.6 Å². The number of Topliss-reactive ketones (excluding diaryl/α,β-unsaturated/α-hetero) is 1. The molecule has 0 unspecified atom stereocenters. The summed E-state index contributed by atoms with van der Waals surface area (Å²) in [4.78, 5) is 12.0. The van der Waals surface area contributed by atoms with Gasteiger partial charge in [-0.2, -0.15) is 0 Å². The maximum atomic E-state index is 12.0. The maximum absolute atomic E-state index is 12.0. The van der Waals surface area contributed by atoms with Crippen LogP contribution >= 0.6 is 11.6 Å². The summed E-state index contributed by atoms with van der Waals surface area (Å²) in [6.45, 7) is 2.85. The van der Waals surface area contributed by atoms with Crippen LogP contribution < -0.4 is 0 Å². The lowest BCUT2D eigenvalue weighted by Crippen LogP contribution is -2.40. The van der Waals surface area contributed by atoms with E-state index < -0.39 is 14.6 Å². The van der Waals surface area contributed by atoms with Crippen molar-refractivity contribution < 1.29 is 13.2 Å². The quantitative estimate of drug-likeness (QED) is 0.846. The van der Waals surface area contributed by atoms with E-state index in [1.54, 1.807) is 24.3 Å². The third kappa shape index (κ3) is 3.30. The number of hydrogen-bond acceptors (Lipinski definition) is 3. The molecule has 0 fully saturated rings. The third-order valence-corrected chi connectivity index (χ3v) is 5.17. The number of halogens is 1. The standard InChI is InChI=1S/C12H15ClO3S/c1-12(2,17(3,15)16)11(14)8-9-5-4-6-10(13)7-9/h4-7H,8H2,1-3H3. The summed E-state index contributed by atoms with van der Waals surface area (Å²) >= 11 is 5.80. The molecule has 0 aliphatic heterocycles.